The maximum Gasteiger partial charge on any atom is 0.145 e. The monoisotopic (exact) mass is 601 g/mol. The minimum absolute atomic E-state index is 0.334. The normalized spacial score (nSPS) is 14.4. The first-order valence-electron chi connectivity index (χ1n) is 17.2. The Morgan fingerprint density at radius 1 is 0.565 bits per heavy atom. The molecule has 0 atom stereocenters. The number of fused-ring (bicyclic) bond motifs is 4. The highest BCUT2D eigenvalue weighted by Crippen LogP contribution is 2.42. The molecule has 7 aromatic rings. The molecule has 3 nitrogen and oxygen atoms in total. The van der Waals surface area contributed by atoms with Gasteiger partial charge in [0, 0.05) is 33.4 Å². The van der Waals surface area contributed by atoms with Crippen molar-refractivity contribution < 1.29 is 0 Å². The third-order valence-electron chi connectivity index (χ3n) is 10.2. The molecule has 3 heteroatoms. The van der Waals surface area contributed by atoms with Gasteiger partial charge in [-0.3, -0.25) is 4.57 Å². The maximum atomic E-state index is 5.38. The molecule has 8 rings (SSSR count). The molecule has 230 valence electrons. The molecule has 2 heterocycles. The number of imidazole rings is 1. The van der Waals surface area contributed by atoms with Gasteiger partial charge in [-0.2, -0.15) is 0 Å². The Labute approximate surface area is 272 Å². The van der Waals surface area contributed by atoms with E-state index in [-0.39, 0.29) is 0 Å². The van der Waals surface area contributed by atoms with Gasteiger partial charge in [-0.05, 0) is 95.5 Å². The average Bonchev–Trinajstić information content (AvgIpc) is 3.64. The van der Waals surface area contributed by atoms with Crippen LogP contribution in [0.1, 0.15) is 88.8 Å². The average molecular weight is 602 g/mol. The third kappa shape index (κ3) is 4.76. The topological polar surface area (TPSA) is 22.8 Å². The van der Waals surface area contributed by atoms with Gasteiger partial charge >= 0.3 is 0 Å². The fourth-order valence-corrected chi connectivity index (χ4v) is 7.94. The summed E-state index contributed by atoms with van der Waals surface area (Å²) < 4.78 is 5.11. The van der Waals surface area contributed by atoms with Crippen molar-refractivity contribution >= 4 is 32.8 Å². The molecule has 1 fully saturated rings. The van der Waals surface area contributed by atoms with E-state index in [4.69, 9.17) is 4.98 Å². The summed E-state index contributed by atoms with van der Waals surface area (Å²) in [6.45, 7) is 9.29. The molecule has 1 aliphatic rings. The molecule has 0 bridgehead atoms. The minimum atomic E-state index is 0.334. The minimum Gasteiger partial charge on any atom is -0.337 e. The SMILES string of the molecule is CC(C)c1cc(-c2ccccc2)cc(C(C)C)c1-n1c(-c2ccc3c(c2)c2ccccc2n3C2CCCCC2)nc2ccccc21. The summed E-state index contributed by atoms with van der Waals surface area (Å²) >= 11 is 0. The zero-order valence-corrected chi connectivity index (χ0v) is 27.5. The fraction of sp³-hybridized carbons (Fsp3) is 0.279. The van der Waals surface area contributed by atoms with Gasteiger partial charge in [0.1, 0.15) is 5.82 Å². The van der Waals surface area contributed by atoms with Crippen LogP contribution < -0.4 is 0 Å². The van der Waals surface area contributed by atoms with Gasteiger partial charge in [0.25, 0.3) is 0 Å². The first kappa shape index (κ1) is 28.8. The number of aromatic nitrogens is 3. The number of benzene rings is 5. The van der Waals surface area contributed by atoms with Crippen molar-refractivity contribution in [2.24, 2.45) is 0 Å². The zero-order valence-electron chi connectivity index (χ0n) is 27.5. The predicted molar refractivity (Wildman–Crippen MR) is 195 cm³/mol. The Morgan fingerprint density at radius 3 is 1.91 bits per heavy atom. The molecule has 0 radical (unpaired) electrons. The summed E-state index contributed by atoms with van der Waals surface area (Å²) in [6.07, 6.45) is 6.53. The van der Waals surface area contributed by atoms with Crippen LogP contribution in [0.4, 0.5) is 0 Å². The van der Waals surface area contributed by atoms with Crippen LogP contribution >= 0.6 is 0 Å². The summed E-state index contributed by atoms with van der Waals surface area (Å²) in [5.41, 5.74) is 12.6. The number of para-hydroxylation sites is 3. The van der Waals surface area contributed by atoms with E-state index in [1.807, 2.05) is 0 Å². The molecule has 0 aliphatic heterocycles. The molecular formula is C43H43N3. The van der Waals surface area contributed by atoms with Crippen LogP contribution in [0.25, 0.3) is 61.0 Å². The maximum absolute atomic E-state index is 5.38. The number of rotatable bonds is 6. The summed E-state index contributed by atoms with van der Waals surface area (Å²) in [5, 5.41) is 2.66. The Hall–Kier alpha value is -4.63. The van der Waals surface area contributed by atoms with Crippen LogP contribution in [-0.2, 0) is 0 Å². The van der Waals surface area contributed by atoms with E-state index in [1.54, 1.807) is 0 Å². The van der Waals surface area contributed by atoms with Crippen molar-refractivity contribution in [1.29, 1.82) is 0 Å². The molecule has 0 amide bonds. The zero-order chi connectivity index (χ0) is 31.4. The molecule has 5 aromatic carbocycles. The van der Waals surface area contributed by atoms with Gasteiger partial charge in [-0.1, -0.05) is 108 Å². The lowest BCUT2D eigenvalue weighted by molar-refractivity contribution is 0.367. The highest BCUT2D eigenvalue weighted by Gasteiger charge is 2.25. The summed E-state index contributed by atoms with van der Waals surface area (Å²) in [5.74, 6) is 1.68. The number of nitrogens with zero attached hydrogens (tertiary/aromatic N) is 3. The van der Waals surface area contributed by atoms with Gasteiger partial charge in [-0.25, -0.2) is 4.98 Å². The molecule has 0 spiro atoms. The summed E-state index contributed by atoms with van der Waals surface area (Å²) in [6, 6.07) is 41.0. The second kappa shape index (κ2) is 11.6. The van der Waals surface area contributed by atoms with Crippen molar-refractivity contribution in [2.75, 3.05) is 0 Å². The van der Waals surface area contributed by atoms with Gasteiger partial charge in [0.15, 0.2) is 0 Å². The summed E-state index contributed by atoms with van der Waals surface area (Å²) in [4.78, 5) is 5.38. The molecule has 2 aromatic heterocycles. The molecule has 1 aliphatic carbocycles. The number of hydrogen-bond donors (Lipinski definition) is 0. The van der Waals surface area contributed by atoms with Crippen molar-refractivity contribution in [1.82, 2.24) is 14.1 Å². The highest BCUT2D eigenvalue weighted by atomic mass is 15.1. The van der Waals surface area contributed by atoms with Gasteiger partial charge in [0.05, 0.1) is 16.7 Å². The second-order valence-corrected chi connectivity index (χ2v) is 13.8. The molecular weight excluding hydrogens is 558 g/mol. The van der Waals surface area contributed by atoms with E-state index < -0.39 is 0 Å². The molecule has 46 heavy (non-hydrogen) atoms. The first-order chi connectivity index (χ1) is 22.5. The van der Waals surface area contributed by atoms with Crippen LogP contribution in [0.2, 0.25) is 0 Å². The Morgan fingerprint density at radius 2 is 1.20 bits per heavy atom. The van der Waals surface area contributed by atoms with Crippen LogP contribution in [0.3, 0.4) is 0 Å². The Balaban J connectivity index is 1.40. The van der Waals surface area contributed by atoms with E-state index in [0.717, 1.165) is 22.4 Å². The summed E-state index contributed by atoms with van der Waals surface area (Å²) in [7, 11) is 0. The van der Waals surface area contributed by atoms with E-state index in [0.29, 0.717) is 17.9 Å². The fourth-order valence-electron chi connectivity index (χ4n) is 7.94. The van der Waals surface area contributed by atoms with E-state index in [9.17, 15) is 0 Å². The van der Waals surface area contributed by atoms with E-state index in [1.165, 1.54) is 81.9 Å². The quantitative estimate of drug-likeness (QED) is 0.186. The van der Waals surface area contributed by atoms with Crippen molar-refractivity contribution in [2.45, 2.75) is 77.7 Å². The van der Waals surface area contributed by atoms with Crippen LogP contribution in [-0.4, -0.2) is 14.1 Å². The van der Waals surface area contributed by atoms with E-state index in [2.05, 4.69) is 146 Å². The van der Waals surface area contributed by atoms with Gasteiger partial charge in [0.2, 0.25) is 0 Å². The van der Waals surface area contributed by atoms with Crippen LogP contribution in [0.15, 0.2) is 109 Å². The number of hydrogen-bond acceptors (Lipinski definition) is 1. The van der Waals surface area contributed by atoms with Crippen molar-refractivity contribution in [3.05, 3.63) is 120 Å². The smallest absolute Gasteiger partial charge is 0.145 e. The molecule has 1 saturated carbocycles. The van der Waals surface area contributed by atoms with E-state index >= 15 is 0 Å². The predicted octanol–water partition coefficient (Wildman–Crippen LogP) is 12.2. The third-order valence-corrected chi connectivity index (χ3v) is 10.2. The standard InChI is InChI=1S/C43H43N3/c1-28(2)35-26-32(30-15-7-5-8-16-30)27-36(29(3)4)42(35)46-41-22-14-12-20-38(41)44-43(46)31-23-24-40-37(25-31)34-19-11-13-21-39(34)45(40)33-17-9-6-10-18-33/h5,7-8,11-16,19-29,33H,6,9-10,17-18H2,1-4H3. The first-order valence-corrected chi connectivity index (χ1v) is 17.2. The highest BCUT2D eigenvalue weighted by molar-refractivity contribution is 6.09. The molecule has 0 N–H and O–H groups in total. The van der Waals surface area contributed by atoms with Crippen molar-refractivity contribution in [3.8, 4) is 28.2 Å². The Bertz CT molecular complexity index is 2160. The lowest BCUT2D eigenvalue weighted by atomic mass is 9.88. The lowest BCUT2D eigenvalue weighted by Crippen LogP contribution is -2.12. The van der Waals surface area contributed by atoms with Crippen LogP contribution in [0, 0.1) is 0 Å². The molecule has 0 unspecified atom stereocenters. The van der Waals surface area contributed by atoms with Gasteiger partial charge < -0.3 is 4.57 Å². The van der Waals surface area contributed by atoms with Crippen molar-refractivity contribution in [3.63, 3.8) is 0 Å². The Kier molecular flexibility index (Phi) is 7.28. The molecule has 0 saturated heterocycles. The van der Waals surface area contributed by atoms with Gasteiger partial charge in [-0.15, -0.1) is 0 Å². The second-order valence-electron chi connectivity index (χ2n) is 13.8. The largest absolute Gasteiger partial charge is 0.337 e. The lowest BCUT2D eigenvalue weighted by Gasteiger charge is -2.25. The van der Waals surface area contributed by atoms with Crippen LogP contribution in [0.5, 0.6) is 0 Å².